The maximum Gasteiger partial charge on any atom is 0.143 e. The van der Waals surface area contributed by atoms with Gasteiger partial charge in [-0.25, -0.2) is 0 Å². The quantitative estimate of drug-likeness (QED) is 0.0277. The van der Waals surface area contributed by atoms with Gasteiger partial charge in [-0.2, -0.15) is 0 Å². The Kier molecular flexibility index (Phi) is 96.5. The van der Waals surface area contributed by atoms with E-state index in [-0.39, 0.29) is 67.9 Å². The summed E-state index contributed by atoms with van der Waals surface area (Å²) in [5.74, 6) is 0. The molecule has 3 rings (SSSR count). The Balaban J connectivity index is 1.58. The van der Waals surface area contributed by atoms with Crippen LogP contribution in [0.3, 0.4) is 0 Å². The highest BCUT2D eigenvalue weighted by Gasteiger charge is 2.22. The molecule has 0 unspecified atom stereocenters. The number of ether oxygens (including phenoxy) is 21. The molecule has 3 aliphatic rings. The fraction of sp³-hybridized carbons (Fsp3) is 0.875. The van der Waals surface area contributed by atoms with E-state index in [9.17, 15) is 40.9 Å². The molecule has 0 bridgehead atoms. The van der Waals surface area contributed by atoms with E-state index in [1.807, 2.05) is 18.2 Å². The highest BCUT2D eigenvalue weighted by molar-refractivity contribution is 6.36. The Hall–Kier alpha value is -1.54. The van der Waals surface area contributed by atoms with Crippen LogP contribution in [0.5, 0.6) is 0 Å². The number of aliphatic hydroxyl groups excluding tert-OH is 9. The minimum atomic E-state index is -0.386. The van der Waals surface area contributed by atoms with E-state index in [4.69, 9.17) is 180 Å². The van der Waals surface area contributed by atoms with Gasteiger partial charge in [0.1, 0.15) is 61.1 Å². The number of nitrogens with two attached hydrogens (primary N) is 1. The standard InChI is InChI=1S/C96H183Cl6N13O30/c97-91-13-10-88(94(100)64-91)16-19-104-20-52-126-77-114(30-17-89-11-14-92(98)65-95(89)101)41-63-136-78-115(31-18-90-12-15-93(99)66-96(90)102)42-62-135-76-113(29-9-51-145-87-124)40-61-134-75-112(28-8-50-144-86-123)39-60-133-74-111(27-7-49-143-85-122)38-59-132-73-110(26-6-48-142-84-121)37-58-131-72-109(25-5-47-141-83-120)36-57-130-71-108(24-4-46-140-82-119)35-56-129-70-107(23-3-45-139-81-118)34-55-128-69-106(22-2-44-138-80-117)33-54-127-68-105(32-53-125-67-103)21-1-43-137-79-116/h64-66,104,116-124H,1-63,67-87,103H2. The topological polar surface area (TPSA) is 450 Å². The molecule has 12 N–H and O–H groups in total. The van der Waals surface area contributed by atoms with Gasteiger partial charge in [-0.15, -0.1) is 0 Å². The molecule has 145 heavy (non-hydrogen) atoms. The summed E-state index contributed by atoms with van der Waals surface area (Å²) in [6.45, 7) is 23.5. The lowest BCUT2D eigenvalue weighted by atomic mass is 10.0. The van der Waals surface area contributed by atoms with Crippen LogP contribution in [0.1, 0.15) is 116 Å². The summed E-state index contributed by atoms with van der Waals surface area (Å²) in [7, 11) is 0. The highest BCUT2D eigenvalue weighted by atomic mass is 35.5. The van der Waals surface area contributed by atoms with Gasteiger partial charge in [-0.3, -0.25) is 53.9 Å². The second kappa shape index (κ2) is 102. The van der Waals surface area contributed by atoms with Gasteiger partial charge in [-0.05, 0) is 157 Å². The normalized spacial score (nSPS) is 14.2. The van der Waals surface area contributed by atoms with Crippen molar-refractivity contribution in [1.29, 1.82) is 0 Å². The van der Waals surface area contributed by atoms with Crippen LogP contribution in [-0.4, -0.2) is 538 Å². The number of nitrogens with zero attached hydrogens (tertiary/aromatic N) is 11. The van der Waals surface area contributed by atoms with E-state index in [0.29, 0.717) is 425 Å². The molecule has 0 radical (unpaired) electrons. The Morgan fingerprint density at radius 3 is 0.552 bits per heavy atom. The summed E-state index contributed by atoms with van der Waals surface area (Å²) in [5, 5.41) is 91.9. The molecule has 854 valence electrons. The predicted octanol–water partition coefficient (Wildman–Crippen LogP) is 5.15. The van der Waals surface area contributed by atoms with Crippen LogP contribution in [0, 0.1) is 0 Å². The minimum Gasteiger partial charge on any atom is -0.371 e. The van der Waals surface area contributed by atoms with Gasteiger partial charge < -0.3 is 156 Å². The third-order valence-corrected chi connectivity index (χ3v) is 25.3. The molecule has 0 aromatic rings. The van der Waals surface area contributed by atoms with E-state index in [1.165, 1.54) is 11.1 Å². The van der Waals surface area contributed by atoms with E-state index >= 15 is 0 Å². The monoisotopic (exact) mass is 2210 g/mol. The van der Waals surface area contributed by atoms with Crippen molar-refractivity contribution in [3.63, 3.8) is 0 Å². The number of rotatable bonds is 113. The number of aliphatic hydroxyl groups is 9. The first-order valence-corrected chi connectivity index (χ1v) is 53.6. The maximum atomic E-state index is 9.44. The first-order chi connectivity index (χ1) is 71.1. The van der Waals surface area contributed by atoms with Gasteiger partial charge in [0.05, 0.1) is 220 Å². The number of nitrogens with one attached hydrogen (secondary N) is 1. The van der Waals surface area contributed by atoms with Crippen LogP contribution in [0.15, 0.2) is 65.1 Å². The van der Waals surface area contributed by atoms with Crippen LogP contribution < -0.4 is 11.1 Å². The van der Waals surface area contributed by atoms with Gasteiger partial charge in [-0.1, -0.05) is 69.6 Å². The molecule has 0 saturated carbocycles. The average Bonchev–Trinajstić information content (AvgIpc) is 0.884. The van der Waals surface area contributed by atoms with Gasteiger partial charge >= 0.3 is 0 Å². The summed E-state index contributed by atoms with van der Waals surface area (Å²) < 4.78 is 122. The molecule has 0 spiro atoms. The van der Waals surface area contributed by atoms with E-state index in [0.717, 1.165) is 96.6 Å². The fourth-order valence-electron chi connectivity index (χ4n) is 15.0. The largest absolute Gasteiger partial charge is 0.371 e. The van der Waals surface area contributed by atoms with Crippen molar-refractivity contribution in [2.75, 3.05) is 438 Å². The molecule has 49 heteroatoms. The summed E-state index contributed by atoms with van der Waals surface area (Å²) in [5.41, 5.74) is 9.07. The molecule has 0 aromatic heterocycles. The molecule has 0 aliphatic heterocycles. The third kappa shape index (κ3) is 80.8. The van der Waals surface area contributed by atoms with Crippen molar-refractivity contribution < 1.29 is 145 Å². The molecule has 0 heterocycles. The zero-order valence-corrected chi connectivity index (χ0v) is 91.0. The van der Waals surface area contributed by atoms with Crippen LogP contribution >= 0.6 is 69.6 Å². The molecule has 0 saturated heterocycles. The molecule has 0 atom stereocenters. The molecular formula is C96H183Cl6N13O30. The Morgan fingerprint density at radius 1 is 0.200 bits per heavy atom. The molecule has 0 aromatic carbocycles. The van der Waals surface area contributed by atoms with E-state index in [2.05, 4.69) is 59.2 Å². The van der Waals surface area contributed by atoms with Gasteiger partial charge in [0.2, 0.25) is 0 Å². The van der Waals surface area contributed by atoms with Gasteiger partial charge in [0, 0.05) is 181 Å². The lowest BCUT2D eigenvalue weighted by Gasteiger charge is -2.27. The van der Waals surface area contributed by atoms with E-state index in [1.54, 1.807) is 0 Å². The van der Waals surface area contributed by atoms with Crippen LogP contribution in [0.2, 0.25) is 0 Å². The molecular weight excluding hydrogens is 2030 g/mol. The summed E-state index contributed by atoms with van der Waals surface area (Å²) >= 11 is 38.8. The lowest BCUT2D eigenvalue weighted by molar-refractivity contribution is -0.0528. The van der Waals surface area contributed by atoms with Crippen LogP contribution in [0.4, 0.5) is 0 Å². The number of allylic oxidation sites excluding steroid dienone is 9. The fourth-order valence-corrected chi connectivity index (χ4v) is 16.8. The first-order valence-electron chi connectivity index (χ1n) is 51.3. The Bertz CT molecular complexity index is 3140. The first kappa shape index (κ1) is 138. The second-order valence-corrected chi connectivity index (χ2v) is 37.1. The molecule has 0 amide bonds. The number of hydrogen-bond acceptors (Lipinski definition) is 43. The predicted molar refractivity (Wildman–Crippen MR) is 555 cm³/mol. The van der Waals surface area contributed by atoms with Crippen molar-refractivity contribution in [2.45, 2.75) is 116 Å². The zero-order valence-electron chi connectivity index (χ0n) is 86.5. The third-order valence-electron chi connectivity index (χ3n) is 23.2. The van der Waals surface area contributed by atoms with Crippen molar-refractivity contribution in [2.24, 2.45) is 5.73 Å². The second-order valence-electron chi connectivity index (χ2n) is 34.4. The summed E-state index contributed by atoms with van der Waals surface area (Å²) in [4.78, 5) is 23.7. The molecule has 3 aliphatic carbocycles. The van der Waals surface area contributed by atoms with Crippen molar-refractivity contribution >= 4 is 69.6 Å². The average molecular weight is 2210 g/mol. The molecule has 43 nitrogen and oxygen atoms in total. The summed E-state index contributed by atoms with van der Waals surface area (Å²) in [6, 6.07) is 0. The number of halogens is 6. The Labute approximate surface area is 893 Å². The van der Waals surface area contributed by atoms with Crippen molar-refractivity contribution in [1.82, 2.24) is 59.2 Å². The van der Waals surface area contributed by atoms with E-state index < -0.39 is 0 Å². The van der Waals surface area contributed by atoms with Gasteiger partial charge in [0.15, 0.2) is 0 Å². The van der Waals surface area contributed by atoms with Crippen molar-refractivity contribution in [3.05, 3.63) is 65.1 Å². The van der Waals surface area contributed by atoms with Crippen LogP contribution in [0.25, 0.3) is 0 Å². The Morgan fingerprint density at radius 2 is 0.372 bits per heavy atom. The number of hydrogen-bond donors (Lipinski definition) is 11. The van der Waals surface area contributed by atoms with Gasteiger partial charge in [0.25, 0.3) is 0 Å². The van der Waals surface area contributed by atoms with Crippen LogP contribution in [-0.2, 0) is 99.5 Å². The van der Waals surface area contributed by atoms with Crippen molar-refractivity contribution in [3.8, 4) is 0 Å². The zero-order chi connectivity index (χ0) is 105. The maximum absolute atomic E-state index is 9.44. The minimum absolute atomic E-state index is 0.126. The SMILES string of the molecule is NCOCCN(CCCOCO)COCCN(CCCOCO)COCCN(CCCOCO)COCCN(CCCOCO)COCCN(CCCOCO)COCCN(CCCOCO)COCCN(CCCOCO)COCCN(CCCOCO)COCCN(CCCOCO)COCCN(CCC1=C(Cl)C=C(Cl)CC1)COCCN(CCC1=C(Cl)C=C(Cl)CC1)COCCNCCC1=C(Cl)C=C(Cl)CC1. The highest BCUT2D eigenvalue weighted by Crippen LogP contribution is 2.33. The molecule has 0 fully saturated rings. The smallest absolute Gasteiger partial charge is 0.143 e. The lowest BCUT2D eigenvalue weighted by Crippen LogP contribution is -2.38. The summed E-state index contributed by atoms with van der Waals surface area (Å²) in [6.07, 6.45) is 18.6.